The normalized spacial score (nSPS) is 10.4. The lowest BCUT2D eigenvalue weighted by molar-refractivity contribution is 0.414. The van der Waals surface area contributed by atoms with E-state index in [-0.39, 0.29) is 24.0 Å². The van der Waals surface area contributed by atoms with Gasteiger partial charge in [-0.1, -0.05) is 24.3 Å². The SMILES string of the molecule is CCNC(=NCc1ccc(OC)cc1)NCc1ccc(C#N)cc1.I. The maximum Gasteiger partial charge on any atom is 0.191 e. The van der Waals surface area contributed by atoms with Crippen molar-refractivity contribution in [3.63, 3.8) is 0 Å². The Morgan fingerprint density at radius 2 is 1.68 bits per heavy atom. The minimum atomic E-state index is 0. The number of methoxy groups -OCH3 is 1. The zero-order chi connectivity index (χ0) is 17.2. The van der Waals surface area contributed by atoms with Crippen LogP contribution >= 0.6 is 24.0 Å². The van der Waals surface area contributed by atoms with Gasteiger partial charge in [0.15, 0.2) is 5.96 Å². The molecule has 2 aromatic carbocycles. The molecule has 2 N–H and O–H groups in total. The molecule has 0 spiro atoms. The summed E-state index contributed by atoms with van der Waals surface area (Å²) < 4.78 is 5.16. The Hall–Kier alpha value is -2.27. The van der Waals surface area contributed by atoms with Crippen LogP contribution in [0.1, 0.15) is 23.6 Å². The van der Waals surface area contributed by atoms with Crippen LogP contribution in [0, 0.1) is 11.3 Å². The predicted molar refractivity (Wildman–Crippen MR) is 111 cm³/mol. The molecule has 132 valence electrons. The summed E-state index contributed by atoms with van der Waals surface area (Å²) in [6, 6.07) is 17.5. The molecular formula is C19H23IN4O. The van der Waals surface area contributed by atoms with Crippen molar-refractivity contribution in [3.05, 3.63) is 65.2 Å². The second-order valence-electron chi connectivity index (χ2n) is 5.21. The Kier molecular flexibility index (Phi) is 9.40. The molecule has 0 atom stereocenters. The van der Waals surface area contributed by atoms with Crippen molar-refractivity contribution in [3.8, 4) is 11.8 Å². The summed E-state index contributed by atoms with van der Waals surface area (Å²) in [5, 5.41) is 15.4. The highest BCUT2D eigenvalue weighted by molar-refractivity contribution is 14.0. The fourth-order valence-corrected chi connectivity index (χ4v) is 2.13. The number of nitriles is 1. The van der Waals surface area contributed by atoms with Gasteiger partial charge in [0.2, 0.25) is 0 Å². The molecule has 0 saturated heterocycles. The van der Waals surface area contributed by atoms with E-state index in [4.69, 9.17) is 10.00 Å². The highest BCUT2D eigenvalue weighted by atomic mass is 127. The molecule has 0 unspecified atom stereocenters. The van der Waals surface area contributed by atoms with Gasteiger partial charge in [0.1, 0.15) is 5.75 Å². The lowest BCUT2D eigenvalue weighted by atomic mass is 10.1. The van der Waals surface area contributed by atoms with Crippen LogP contribution in [0.5, 0.6) is 5.75 Å². The van der Waals surface area contributed by atoms with E-state index in [0.29, 0.717) is 18.7 Å². The fraction of sp³-hybridized carbons (Fsp3) is 0.263. The number of nitrogens with one attached hydrogen (secondary N) is 2. The standard InChI is InChI=1S/C19H22N4O.HI/c1-3-21-19(22-13-16-6-4-15(12-20)5-7-16)23-14-17-8-10-18(24-2)11-9-17;/h4-11H,3,13-14H2,1-2H3,(H2,21,22,23);1H. The van der Waals surface area contributed by atoms with Gasteiger partial charge in [-0.25, -0.2) is 4.99 Å². The monoisotopic (exact) mass is 450 g/mol. The molecule has 0 aromatic heterocycles. The minimum Gasteiger partial charge on any atom is -0.497 e. The molecule has 0 fully saturated rings. The van der Waals surface area contributed by atoms with E-state index >= 15 is 0 Å². The van der Waals surface area contributed by atoms with Crippen LogP contribution in [0.15, 0.2) is 53.5 Å². The number of hydrogen-bond donors (Lipinski definition) is 2. The number of hydrogen-bond acceptors (Lipinski definition) is 3. The largest absolute Gasteiger partial charge is 0.497 e. The van der Waals surface area contributed by atoms with Crippen LogP contribution in [0.2, 0.25) is 0 Å². The predicted octanol–water partition coefficient (Wildman–Crippen LogP) is 3.44. The van der Waals surface area contributed by atoms with Gasteiger partial charge in [0.05, 0.1) is 25.3 Å². The Labute approximate surface area is 166 Å². The average Bonchev–Trinajstić information content (AvgIpc) is 2.65. The topological polar surface area (TPSA) is 69.4 Å². The van der Waals surface area contributed by atoms with E-state index in [1.807, 2.05) is 55.5 Å². The lowest BCUT2D eigenvalue weighted by Crippen LogP contribution is -2.36. The van der Waals surface area contributed by atoms with Gasteiger partial charge in [-0.3, -0.25) is 0 Å². The van der Waals surface area contributed by atoms with Crippen molar-refractivity contribution >= 4 is 29.9 Å². The van der Waals surface area contributed by atoms with Crippen molar-refractivity contribution in [2.24, 2.45) is 4.99 Å². The maximum absolute atomic E-state index is 8.83. The summed E-state index contributed by atoms with van der Waals surface area (Å²) in [4.78, 5) is 4.59. The first-order valence-electron chi connectivity index (χ1n) is 7.89. The third kappa shape index (κ3) is 7.01. The summed E-state index contributed by atoms with van der Waals surface area (Å²) >= 11 is 0. The molecule has 0 heterocycles. The summed E-state index contributed by atoms with van der Waals surface area (Å²) in [5.41, 5.74) is 2.88. The van der Waals surface area contributed by atoms with Crippen molar-refractivity contribution < 1.29 is 4.74 Å². The summed E-state index contributed by atoms with van der Waals surface area (Å²) in [5.74, 6) is 1.60. The minimum absolute atomic E-state index is 0. The Morgan fingerprint density at radius 3 is 2.24 bits per heavy atom. The maximum atomic E-state index is 8.83. The third-order valence-corrected chi connectivity index (χ3v) is 3.47. The third-order valence-electron chi connectivity index (χ3n) is 3.47. The number of ether oxygens (including phenoxy) is 1. The van der Waals surface area contributed by atoms with Crippen molar-refractivity contribution in [2.75, 3.05) is 13.7 Å². The van der Waals surface area contributed by atoms with Crippen LogP contribution in [-0.4, -0.2) is 19.6 Å². The zero-order valence-corrected chi connectivity index (χ0v) is 16.8. The van der Waals surface area contributed by atoms with E-state index in [9.17, 15) is 0 Å². The lowest BCUT2D eigenvalue weighted by Gasteiger charge is -2.11. The van der Waals surface area contributed by atoms with E-state index in [1.54, 1.807) is 7.11 Å². The molecule has 0 bridgehead atoms. The Balaban J connectivity index is 0.00000312. The molecule has 0 aliphatic rings. The number of halogens is 1. The highest BCUT2D eigenvalue weighted by Gasteiger charge is 2.00. The first kappa shape index (κ1) is 20.8. The van der Waals surface area contributed by atoms with Gasteiger partial charge in [-0.2, -0.15) is 5.26 Å². The summed E-state index contributed by atoms with van der Waals surface area (Å²) in [6.45, 7) is 4.07. The van der Waals surface area contributed by atoms with Crippen molar-refractivity contribution in [2.45, 2.75) is 20.0 Å². The van der Waals surface area contributed by atoms with Crippen LogP contribution in [0.3, 0.4) is 0 Å². The number of aliphatic imine (C=N–C) groups is 1. The first-order chi connectivity index (χ1) is 11.7. The molecule has 2 aromatic rings. The second-order valence-corrected chi connectivity index (χ2v) is 5.21. The second kappa shape index (κ2) is 11.3. The van der Waals surface area contributed by atoms with Crippen LogP contribution in [-0.2, 0) is 13.1 Å². The van der Waals surface area contributed by atoms with E-state index in [0.717, 1.165) is 29.4 Å². The summed E-state index contributed by atoms with van der Waals surface area (Å²) in [7, 11) is 1.66. The fourth-order valence-electron chi connectivity index (χ4n) is 2.13. The molecule has 0 aliphatic heterocycles. The van der Waals surface area contributed by atoms with Gasteiger partial charge >= 0.3 is 0 Å². The van der Waals surface area contributed by atoms with Crippen molar-refractivity contribution in [1.82, 2.24) is 10.6 Å². The Bertz CT molecular complexity index is 706. The van der Waals surface area contributed by atoms with E-state index < -0.39 is 0 Å². The molecular weight excluding hydrogens is 427 g/mol. The molecule has 5 nitrogen and oxygen atoms in total. The van der Waals surface area contributed by atoms with Gasteiger partial charge in [0.25, 0.3) is 0 Å². The van der Waals surface area contributed by atoms with Gasteiger partial charge in [-0.15, -0.1) is 24.0 Å². The van der Waals surface area contributed by atoms with Crippen LogP contribution in [0.4, 0.5) is 0 Å². The molecule has 2 rings (SSSR count). The molecule has 25 heavy (non-hydrogen) atoms. The molecule has 0 radical (unpaired) electrons. The van der Waals surface area contributed by atoms with Crippen molar-refractivity contribution in [1.29, 1.82) is 5.26 Å². The quantitative estimate of drug-likeness (QED) is 0.402. The highest BCUT2D eigenvalue weighted by Crippen LogP contribution is 2.11. The number of guanidine groups is 1. The molecule has 6 heteroatoms. The van der Waals surface area contributed by atoms with Gasteiger partial charge < -0.3 is 15.4 Å². The molecule has 0 saturated carbocycles. The van der Waals surface area contributed by atoms with Crippen LogP contribution in [0.25, 0.3) is 0 Å². The van der Waals surface area contributed by atoms with Gasteiger partial charge in [-0.05, 0) is 42.3 Å². The molecule has 0 aliphatic carbocycles. The number of rotatable bonds is 6. The summed E-state index contributed by atoms with van der Waals surface area (Å²) in [6.07, 6.45) is 0. The number of benzene rings is 2. The van der Waals surface area contributed by atoms with E-state index in [1.165, 1.54) is 0 Å². The first-order valence-corrected chi connectivity index (χ1v) is 7.89. The van der Waals surface area contributed by atoms with Gasteiger partial charge in [0, 0.05) is 13.1 Å². The molecule has 0 amide bonds. The zero-order valence-electron chi connectivity index (χ0n) is 14.5. The number of nitrogens with zero attached hydrogens (tertiary/aromatic N) is 2. The van der Waals surface area contributed by atoms with E-state index in [2.05, 4.69) is 21.7 Å². The Morgan fingerprint density at radius 1 is 1.04 bits per heavy atom. The smallest absolute Gasteiger partial charge is 0.191 e. The van der Waals surface area contributed by atoms with Crippen LogP contribution < -0.4 is 15.4 Å². The average molecular weight is 450 g/mol.